The van der Waals surface area contributed by atoms with Gasteiger partial charge in [0.1, 0.15) is 31.1 Å². The number of hydrogen-bond donors (Lipinski definition) is 2. The molecule has 0 heterocycles. The summed E-state index contributed by atoms with van der Waals surface area (Å²) in [5.74, 6) is 1.26. The van der Waals surface area contributed by atoms with Crippen molar-refractivity contribution >= 4 is 5.97 Å². The van der Waals surface area contributed by atoms with Crippen molar-refractivity contribution in [2.45, 2.75) is 73.0 Å². The van der Waals surface area contributed by atoms with E-state index in [1.165, 1.54) is 33.4 Å². The summed E-state index contributed by atoms with van der Waals surface area (Å²) in [6.07, 6.45) is 0. The molecule has 110 heavy (non-hydrogen) atoms. The van der Waals surface area contributed by atoms with E-state index in [2.05, 4.69) is 144 Å². The summed E-state index contributed by atoms with van der Waals surface area (Å²) in [5, 5.41) is 18.0. The van der Waals surface area contributed by atoms with Gasteiger partial charge in [0.15, 0.2) is 11.5 Å². The van der Waals surface area contributed by atoms with Gasteiger partial charge in [-0.25, -0.2) is 4.79 Å². The summed E-state index contributed by atoms with van der Waals surface area (Å²) in [5.41, 5.74) is 18.5. The zero-order valence-electron chi connectivity index (χ0n) is 65.5. The minimum atomic E-state index is -0.793. The van der Waals surface area contributed by atoms with Gasteiger partial charge in [-0.1, -0.05) is 133 Å². The zero-order valence-corrected chi connectivity index (χ0v) is 65.5. The molecule has 0 saturated heterocycles. The largest absolute Gasteiger partial charge is 0.490 e. The van der Waals surface area contributed by atoms with Gasteiger partial charge in [-0.05, 0) is 138 Å². The Hall–Kier alpha value is -7.27. The van der Waals surface area contributed by atoms with Gasteiger partial charge in [-0.15, -0.1) is 0 Å². The van der Waals surface area contributed by atoms with E-state index in [-0.39, 0.29) is 47.1 Å². The predicted octanol–water partition coefficient (Wildman–Crippen LogP) is 12.4. The number of methoxy groups -OCH3 is 3. The summed E-state index contributed by atoms with van der Waals surface area (Å²) >= 11 is 0. The first-order valence-corrected chi connectivity index (χ1v) is 37.9. The number of esters is 1. The molecule has 0 fully saturated rings. The Morgan fingerprint density at radius 3 is 1.07 bits per heavy atom. The van der Waals surface area contributed by atoms with Crippen molar-refractivity contribution in [2.75, 3.05) is 226 Å². The average Bonchev–Trinajstić information content (AvgIpc) is 1.53. The second-order valence-corrected chi connectivity index (χ2v) is 26.3. The van der Waals surface area contributed by atoms with Crippen LogP contribution in [0.25, 0.3) is 22.3 Å². The maximum absolute atomic E-state index is 13.0. The molecule has 0 unspecified atom stereocenters. The zero-order chi connectivity index (χ0) is 77.3. The molecule has 0 bridgehead atoms. The first kappa shape index (κ1) is 89.9. The van der Waals surface area contributed by atoms with E-state index in [1.807, 2.05) is 18.2 Å². The minimum Gasteiger partial charge on any atom is -0.490 e. The molecular formula is C88H120O22. The van der Waals surface area contributed by atoms with Crippen LogP contribution in [-0.2, 0) is 99.8 Å². The molecule has 0 aromatic heterocycles. The van der Waals surface area contributed by atoms with Gasteiger partial charge in [-0.3, -0.25) is 0 Å². The number of aliphatic hydroxyl groups is 2. The second kappa shape index (κ2) is 50.0. The number of benzene rings is 7. The number of hydrogen-bond acceptors (Lipinski definition) is 22. The smallest absolute Gasteiger partial charge is 0.341 e. The van der Waals surface area contributed by atoms with Gasteiger partial charge < -0.3 is 100 Å². The molecule has 2 aliphatic carbocycles. The van der Waals surface area contributed by atoms with Gasteiger partial charge >= 0.3 is 5.97 Å². The van der Waals surface area contributed by atoms with E-state index in [1.54, 1.807) is 28.3 Å². The molecule has 0 amide bonds. The summed E-state index contributed by atoms with van der Waals surface area (Å²) in [7, 11) is 4.93. The molecule has 0 aliphatic heterocycles. The van der Waals surface area contributed by atoms with Crippen molar-refractivity contribution in [3.05, 3.63) is 205 Å². The highest BCUT2D eigenvalue weighted by Crippen LogP contribution is 2.58. The van der Waals surface area contributed by atoms with E-state index in [0.717, 1.165) is 61.2 Å². The number of rotatable bonds is 55. The summed E-state index contributed by atoms with van der Waals surface area (Å²) in [6, 6.07) is 45.4. The predicted molar refractivity (Wildman–Crippen MR) is 423 cm³/mol. The van der Waals surface area contributed by atoms with Gasteiger partial charge in [0.2, 0.25) is 0 Å². The molecule has 604 valence electrons. The fraction of sp³-hybridized carbons (Fsp3) is 0.511. The Morgan fingerprint density at radius 1 is 0.327 bits per heavy atom. The summed E-state index contributed by atoms with van der Waals surface area (Å²) in [6.45, 7) is 25.1. The highest BCUT2D eigenvalue weighted by atomic mass is 16.6. The third kappa shape index (κ3) is 26.2. The molecule has 2 aliphatic rings. The van der Waals surface area contributed by atoms with Crippen molar-refractivity contribution in [1.29, 1.82) is 0 Å². The second-order valence-electron chi connectivity index (χ2n) is 26.3. The molecule has 0 saturated carbocycles. The number of carbonyl (C=O) groups is 1. The number of aryl methyl sites for hydroxylation is 4. The van der Waals surface area contributed by atoms with Crippen molar-refractivity contribution in [2.24, 2.45) is 0 Å². The van der Waals surface area contributed by atoms with Crippen molar-refractivity contribution in [1.82, 2.24) is 0 Å². The third-order valence-electron chi connectivity index (χ3n) is 18.6. The standard InChI is InChI=1S/C55H78O16.C32H38O6.CH4/c1-43-5-10-49-50-11-6-44(2)38-52(50)55(51(49)37-43,47-8-7-45(41-68-31-29-64-23-21-60-15-13-56)46(39-47)42-69-32-30-65-24-22-61-16-14-57)48-9-12-53(70-35-33-66-27-25-62-19-17-58-3)54(40-48)71-36-34-67-28-26-63-20-18-59-4;1-6-37-31(33)27-21-24(9-12-30(27)38-18-17-36-16-15-35-14-13-34-5)32(4)28-19-22(2)7-10-25(28)26-11-8-23(3)20-29(26)32;/h5-12,37-40,56-57H,13-36,41-42H2,1-4H3;7-12,19-21H,6,13-18H2,1-5H3;1H4. The lowest BCUT2D eigenvalue weighted by Gasteiger charge is -2.35. The fourth-order valence-corrected chi connectivity index (χ4v) is 13.2. The van der Waals surface area contributed by atoms with E-state index in [0.29, 0.717) is 201 Å². The van der Waals surface area contributed by atoms with Crippen LogP contribution in [0.5, 0.6) is 17.2 Å². The molecule has 22 nitrogen and oxygen atoms in total. The normalized spacial score (nSPS) is 12.7. The molecule has 0 atom stereocenters. The average molecular weight is 1530 g/mol. The van der Waals surface area contributed by atoms with Gasteiger partial charge in [-0.2, -0.15) is 0 Å². The Labute approximate surface area is 651 Å². The highest BCUT2D eigenvalue weighted by Gasteiger charge is 2.47. The first-order chi connectivity index (χ1) is 53.4. The van der Waals surface area contributed by atoms with E-state index < -0.39 is 16.8 Å². The van der Waals surface area contributed by atoms with Crippen LogP contribution in [0.1, 0.15) is 104 Å². The van der Waals surface area contributed by atoms with Crippen LogP contribution in [0.3, 0.4) is 0 Å². The SMILES string of the molecule is C.CCOC(=O)c1cc(C2(C)c3cc(C)ccc3-c3ccc(C)cc32)ccc1OCCOCCOCCOC.COCCOCCOCCOc1ccc(C2(c3ccc(COCCOCCOCCO)c(COCCOCCOCCO)c3)c3cc(C)ccc3-c3ccc(C)cc32)cc1OCCOCCOCCOC. The van der Waals surface area contributed by atoms with E-state index in [9.17, 15) is 4.79 Å². The van der Waals surface area contributed by atoms with Crippen molar-refractivity contribution < 1.29 is 105 Å². The summed E-state index contributed by atoms with van der Waals surface area (Å²) < 4.78 is 108. The first-order valence-electron chi connectivity index (χ1n) is 37.9. The van der Waals surface area contributed by atoms with Crippen LogP contribution in [0, 0.1) is 27.7 Å². The monoisotopic (exact) mass is 1530 g/mol. The maximum atomic E-state index is 13.0. The lowest BCUT2D eigenvalue weighted by molar-refractivity contribution is 0.00160. The van der Waals surface area contributed by atoms with E-state index in [4.69, 9.17) is 100 Å². The Kier molecular flexibility index (Phi) is 40.8. The number of fused-ring (bicyclic) bond motifs is 6. The van der Waals surface area contributed by atoms with Crippen LogP contribution in [-0.4, -0.2) is 242 Å². The quantitative estimate of drug-likeness (QED) is 0.0266. The van der Waals surface area contributed by atoms with Gasteiger partial charge in [0.25, 0.3) is 0 Å². The van der Waals surface area contributed by atoms with E-state index >= 15 is 0 Å². The molecule has 0 spiro atoms. The van der Waals surface area contributed by atoms with Crippen LogP contribution in [0.2, 0.25) is 0 Å². The Bertz CT molecular complexity index is 3610. The molecule has 9 rings (SSSR count). The lowest BCUT2D eigenvalue weighted by Crippen LogP contribution is -2.29. The number of aliphatic hydroxyl groups excluding tert-OH is 2. The molecule has 7 aromatic rings. The Morgan fingerprint density at radius 2 is 0.655 bits per heavy atom. The van der Waals surface area contributed by atoms with Crippen LogP contribution >= 0.6 is 0 Å². The topological polar surface area (TPSA) is 233 Å². The third-order valence-corrected chi connectivity index (χ3v) is 18.6. The summed E-state index contributed by atoms with van der Waals surface area (Å²) in [4.78, 5) is 13.0. The molecular weight excluding hydrogens is 1410 g/mol. The van der Waals surface area contributed by atoms with Crippen LogP contribution in [0.15, 0.2) is 127 Å². The molecule has 0 radical (unpaired) electrons. The minimum absolute atomic E-state index is 0. The molecule has 2 N–H and O–H groups in total. The maximum Gasteiger partial charge on any atom is 0.341 e. The van der Waals surface area contributed by atoms with Crippen LogP contribution in [0.4, 0.5) is 0 Å². The highest BCUT2D eigenvalue weighted by molar-refractivity contribution is 5.94. The van der Waals surface area contributed by atoms with Crippen molar-refractivity contribution in [3.8, 4) is 39.5 Å². The fourth-order valence-electron chi connectivity index (χ4n) is 13.2. The van der Waals surface area contributed by atoms with Gasteiger partial charge in [0, 0.05) is 26.7 Å². The Balaban J connectivity index is 0.000000361. The molecule has 22 heteroatoms. The van der Waals surface area contributed by atoms with Gasteiger partial charge in [0.05, 0.1) is 204 Å². The van der Waals surface area contributed by atoms with Crippen LogP contribution < -0.4 is 14.2 Å². The molecule has 7 aromatic carbocycles. The number of ether oxygens (including phenoxy) is 19. The van der Waals surface area contributed by atoms with Crippen molar-refractivity contribution in [3.63, 3.8) is 0 Å². The number of carbonyl (C=O) groups excluding carboxylic acids is 1. The lowest BCUT2D eigenvalue weighted by atomic mass is 9.67.